The number of aryl methyl sites for hydroxylation is 1. The number of cyclic esters (lactones) is 1. The van der Waals surface area contributed by atoms with Crippen molar-refractivity contribution in [2.75, 3.05) is 7.11 Å². The van der Waals surface area contributed by atoms with E-state index in [1.807, 2.05) is 0 Å². The Bertz CT molecular complexity index is 1180. The molecule has 2 heterocycles. The number of nitrogens with zero attached hydrogens (tertiary/aromatic N) is 3. The summed E-state index contributed by atoms with van der Waals surface area (Å²) in [4.78, 5) is 16.6. The van der Waals surface area contributed by atoms with E-state index >= 15 is 0 Å². The molecule has 2 aromatic carbocycles. The average Bonchev–Trinajstić information content (AvgIpc) is 3.24. The van der Waals surface area contributed by atoms with E-state index < -0.39 is 5.97 Å². The van der Waals surface area contributed by atoms with Gasteiger partial charge in [-0.25, -0.2) is 18.9 Å². The molecule has 0 radical (unpaired) electrons. The molecule has 0 N–H and O–H groups in total. The summed E-state index contributed by atoms with van der Waals surface area (Å²) in [5.74, 6) is -0.0619. The van der Waals surface area contributed by atoms with Gasteiger partial charge < -0.3 is 9.47 Å². The Morgan fingerprint density at radius 2 is 2.00 bits per heavy atom. The Morgan fingerprint density at radius 3 is 2.73 bits per heavy atom. The van der Waals surface area contributed by atoms with Crippen molar-refractivity contribution in [3.8, 4) is 5.75 Å². The smallest absolute Gasteiger partial charge is 0.363 e. The highest BCUT2D eigenvalue weighted by Gasteiger charge is 2.26. The van der Waals surface area contributed by atoms with Crippen LogP contribution in [0.25, 0.3) is 6.08 Å². The summed E-state index contributed by atoms with van der Waals surface area (Å²) in [5, 5.41) is 4.77. The predicted molar refractivity (Wildman–Crippen MR) is 111 cm³/mol. The Labute approximate surface area is 177 Å². The van der Waals surface area contributed by atoms with Gasteiger partial charge in [-0.3, -0.25) is 0 Å². The van der Waals surface area contributed by atoms with Gasteiger partial charge in [0.15, 0.2) is 5.70 Å². The molecule has 4 rings (SSSR count). The molecule has 0 spiro atoms. The van der Waals surface area contributed by atoms with Crippen LogP contribution in [0.4, 0.5) is 4.39 Å². The first kappa shape index (κ1) is 19.8. The van der Waals surface area contributed by atoms with E-state index in [0.717, 1.165) is 5.56 Å². The summed E-state index contributed by atoms with van der Waals surface area (Å²) in [6, 6.07) is 13.2. The molecule has 0 saturated carbocycles. The quantitative estimate of drug-likeness (QED) is 0.449. The highest BCUT2D eigenvalue weighted by Crippen LogP contribution is 2.27. The van der Waals surface area contributed by atoms with Crippen LogP contribution in [0.3, 0.4) is 0 Å². The largest absolute Gasteiger partial charge is 0.497 e. The van der Waals surface area contributed by atoms with Gasteiger partial charge in [0.25, 0.3) is 0 Å². The first-order valence-electron chi connectivity index (χ1n) is 9.09. The molecule has 0 aliphatic carbocycles. The van der Waals surface area contributed by atoms with Crippen LogP contribution in [0.5, 0.6) is 5.75 Å². The molecule has 0 saturated heterocycles. The maximum absolute atomic E-state index is 13.1. The standard InChI is InChI=1S/C22H17ClFN3O3/c1-13-18(20(23)27(26-13)12-14-6-8-16(24)9-7-14)11-19-22(28)30-21(25-19)15-4-3-5-17(10-15)29-2/h3-11H,12H2,1-2H3/b19-11-. The summed E-state index contributed by atoms with van der Waals surface area (Å²) < 4.78 is 25.2. The number of hydrogen-bond donors (Lipinski definition) is 0. The molecular formula is C22H17ClFN3O3. The van der Waals surface area contributed by atoms with Crippen molar-refractivity contribution in [3.05, 3.63) is 87.6 Å². The predicted octanol–water partition coefficient (Wildman–Crippen LogP) is 4.39. The molecule has 0 atom stereocenters. The molecule has 0 unspecified atom stereocenters. The highest BCUT2D eigenvalue weighted by atomic mass is 35.5. The van der Waals surface area contributed by atoms with E-state index in [2.05, 4.69) is 10.1 Å². The lowest BCUT2D eigenvalue weighted by atomic mass is 10.2. The van der Waals surface area contributed by atoms with E-state index in [4.69, 9.17) is 21.1 Å². The van der Waals surface area contributed by atoms with Crippen molar-refractivity contribution < 1.29 is 18.7 Å². The molecule has 1 aliphatic heterocycles. The zero-order chi connectivity index (χ0) is 21.3. The topological polar surface area (TPSA) is 65.7 Å². The zero-order valence-electron chi connectivity index (χ0n) is 16.2. The van der Waals surface area contributed by atoms with Gasteiger partial charge in [0.1, 0.15) is 16.7 Å². The summed E-state index contributed by atoms with van der Waals surface area (Å²) in [7, 11) is 1.56. The molecule has 30 heavy (non-hydrogen) atoms. The minimum absolute atomic E-state index is 0.124. The van der Waals surface area contributed by atoms with Crippen LogP contribution in [0.2, 0.25) is 5.15 Å². The minimum atomic E-state index is -0.574. The number of carbonyl (C=O) groups excluding carboxylic acids is 1. The maximum Gasteiger partial charge on any atom is 0.363 e. The SMILES string of the molecule is COc1cccc(C2=N/C(=C\c3c(C)nn(Cc4ccc(F)cc4)c3Cl)C(=O)O2)c1. The Hall–Kier alpha value is -3.45. The summed E-state index contributed by atoms with van der Waals surface area (Å²) >= 11 is 6.49. The third-order valence-corrected chi connectivity index (χ3v) is 4.97. The molecule has 0 amide bonds. The Kier molecular flexibility index (Phi) is 5.37. The van der Waals surface area contributed by atoms with Crippen LogP contribution in [0, 0.1) is 12.7 Å². The monoisotopic (exact) mass is 425 g/mol. The van der Waals surface area contributed by atoms with Crippen LogP contribution in [0.1, 0.15) is 22.4 Å². The number of rotatable bonds is 5. The Morgan fingerprint density at radius 1 is 1.23 bits per heavy atom. The first-order chi connectivity index (χ1) is 14.4. The minimum Gasteiger partial charge on any atom is -0.497 e. The zero-order valence-corrected chi connectivity index (χ0v) is 17.0. The van der Waals surface area contributed by atoms with Gasteiger partial charge in [0, 0.05) is 11.1 Å². The van der Waals surface area contributed by atoms with Gasteiger partial charge in [0.05, 0.1) is 19.3 Å². The first-order valence-corrected chi connectivity index (χ1v) is 9.46. The molecule has 1 aliphatic rings. The van der Waals surface area contributed by atoms with E-state index in [0.29, 0.717) is 34.3 Å². The highest BCUT2D eigenvalue weighted by molar-refractivity contribution is 6.31. The second kappa shape index (κ2) is 8.12. The fourth-order valence-electron chi connectivity index (χ4n) is 3.02. The normalized spacial score (nSPS) is 14.7. The molecular weight excluding hydrogens is 409 g/mol. The second-order valence-electron chi connectivity index (χ2n) is 6.64. The van der Waals surface area contributed by atoms with Gasteiger partial charge in [-0.05, 0) is 48.9 Å². The number of carbonyl (C=O) groups is 1. The van der Waals surface area contributed by atoms with Gasteiger partial charge in [-0.15, -0.1) is 0 Å². The molecule has 0 fully saturated rings. The van der Waals surface area contributed by atoms with Gasteiger partial charge in [0.2, 0.25) is 5.90 Å². The second-order valence-corrected chi connectivity index (χ2v) is 7.00. The number of aliphatic imine (C=N–C) groups is 1. The summed E-state index contributed by atoms with van der Waals surface area (Å²) in [6.07, 6.45) is 1.56. The lowest BCUT2D eigenvalue weighted by Crippen LogP contribution is -2.05. The number of halogens is 2. The van der Waals surface area contributed by atoms with Crippen molar-refractivity contribution in [2.24, 2.45) is 4.99 Å². The molecule has 8 heteroatoms. The van der Waals surface area contributed by atoms with Crippen molar-refractivity contribution in [2.45, 2.75) is 13.5 Å². The molecule has 152 valence electrons. The maximum atomic E-state index is 13.1. The molecule has 6 nitrogen and oxygen atoms in total. The van der Waals surface area contributed by atoms with Crippen LogP contribution in [0.15, 0.2) is 59.2 Å². The number of benzene rings is 2. The van der Waals surface area contributed by atoms with Crippen molar-refractivity contribution in [3.63, 3.8) is 0 Å². The molecule has 1 aromatic heterocycles. The fraction of sp³-hybridized carbons (Fsp3) is 0.136. The summed E-state index contributed by atoms with van der Waals surface area (Å²) in [5.41, 5.74) is 2.80. The van der Waals surface area contributed by atoms with Crippen LogP contribution in [-0.2, 0) is 16.1 Å². The fourth-order valence-corrected chi connectivity index (χ4v) is 3.31. The van der Waals surface area contributed by atoms with E-state index in [-0.39, 0.29) is 17.4 Å². The van der Waals surface area contributed by atoms with Crippen LogP contribution >= 0.6 is 11.6 Å². The van der Waals surface area contributed by atoms with Crippen molar-refractivity contribution >= 4 is 29.5 Å². The van der Waals surface area contributed by atoms with Crippen molar-refractivity contribution in [1.82, 2.24) is 9.78 Å². The van der Waals surface area contributed by atoms with Crippen LogP contribution in [-0.4, -0.2) is 28.8 Å². The Balaban J connectivity index is 1.64. The third kappa shape index (κ3) is 3.97. The van der Waals surface area contributed by atoms with Gasteiger partial charge in [-0.2, -0.15) is 5.10 Å². The number of ether oxygens (including phenoxy) is 2. The van der Waals surface area contributed by atoms with E-state index in [1.54, 1.807) is 61.2 Å². The van der Waals surface area contributed by atoms with Gasteiger partial charge in [-0.1, -0.05) is 29.8 Å². The lowest BCUT2D eigenvalue weighted by Gasteiger charge is -2.03. The average molecular weight is 426 g/mol. The summed E-state index contributed by atoms with van der Waals surface area (Å²) in [6.45, 7) is 2.15. The van der Waals surface area contributed by atoms with E-state index in [1.165, 1.54) is 12.1 Å². The lowest BCUT2D eigenvalue weighted by molar-refractivity contribution is -0.129. The molecule has 0 bridgehead atoms. The van der Waals surface area contributed by atoms with Crippen molar-refractivity contribution in [1.29, 1.82) is 0 Å². The van der Waals surface area contributed by atoms with Gasteiger partial charge >= 0.3 is 5.97 Å². The number of esters is 1. The number of hydrogen-bond acceptors (Lipinski definition) is 5. The number of methoxy groups -OCH3 is 1. The third-order valence-electron chi connectivity index (χ3n) is 4.57. The van der Waals surface area contributed by atoms with Crippen LogP contribution < -0.4 is 4.74 Å². The van der Waals surface area contributed by atoms with E-state index in [9.17, 15) is 9.18 Å². The molecule has 3 aromatic rings. The number of aromatic nitrogens is 2.